The van der Waals surface area contributed by atoms with Gasteiger partial charge >= 0.3 is 0 Å². The number of rotatable bonds is 10. The highest BCUT2D eigenvalue weighted by atomic mass is 16.5. The van der Waals surface area contributed by atoms with Gasteiger partial charge in [-0.25, -0.2) is 4.99 Å². The molecule has 2 aliphatic heterocycles. The van der Waals surface area contributed by atoms with Crippen molar-refractivity contribution in [2.75, 3.05) is 59.2 Å². The lowest BCUT2D eigenvalue weighted by Crippen LogP contribution is -2.38. The number of benzene rings is 1. The van der Waals surface area contributed by atoms with E-state index in [1.165, 1.54) is 11.1 Å². The lowest BCUT2D eigenvalue weighted by atomic mass is 10.1. The fourth-order valence-corrected chi connectivity index (χ4v) is 3.55. The maximum atomic E-state index is 5.82. The van der Waals surface area contributed by atoms with E-state index in [0.29, 0.717) is 6.54 Å². The highest BCUT2D eigenvalue weighted by molar-refractivity contribution is 5.79. The first-order chi connectivity index (χ1) is 14.3. The summed E-state index contributed by atoms with van der Waals surface area (Å²) in [4.78, 5) is 7.25. The van der Waals surface area contributed by atoms with E-state index in [0.717, 1.165) is 84.6 Å². The molecule has 0 radical (unpaired) electrons. The van der Waals surface area contributed by atoms with Crippen LogP contribution in [0.4, 0.5) is 0 Å². The lowest BCUT2D eigenvalue weighted by Gasteiger charge is -2.27. The predicted octanol–water partition coefficient (Wildman–Crippen LogP) is 1.77. The third-order valence-electron chi connectivity index (χ3n) is 5.22. The standard InChI is InChI=1S/C22H36N4O3/c1-2-23-22(24-9-5-12-29-21-8-13-28-18-21)25-16-19-6-3-4-7-20(19)17-26-10-14-27-15-11-26/h3-4,6-7,21H,2,5,8-18H2,1H3,(H2,23,24,25). The molecule has 2 N–H and O–H groups in total. The Morgan fingerprint density at radius 1 is 1.14 bits per heavy atom. The van der Waals surface area contributed by atoms with E-state index in [-0.39, 0.29) is 6.10 Å². The number of ether oxygens (including phenoxy) is 3. The number of nitrogens with one attached hydrogen (secondary N) is 2. The molecule has 2 heterocycles. The van der Waals surface area contributed by atoms with Crippen LogP contribution in [0.3, 0.4) is 0 Å². The summed E-state index contributed by atoms with van der Waals surface area (Å²) in [7, 11) is 0. The van der Waals surface area contributed by atoms with Crippen LogP contribution >= 0.6 is 0 Å². The largest absolute Gasteiger partial charge is 0.379 e. The lowest BCUT2D eigenvalue weighted by molar-refractivity contribution is 0.0341. The van der Waals surface area contributed by atoms with Crippen molar-refractivity contribution >= 4 is 5.96 Å². The number of morpholine rings is 1. The van der Waals surface area contributed by atoms with E-state index in [9.17, 15) is 0 Å². The Labute approximate surface area is 174 Å². The normalized spacial score (nSPS) is 20.7. The van der Waals surface area contributed by atoms with Gasteiger partial charge in [-0.2, -0.15) is 0 Å². The molecule has 1 unspecified atom stereocenters. The minimum Gasteiger partial charge on any atom is -0.379 e. The van der Waals surface area contributed by atoms with E-state index in [1.54, 1.807) is 0 Å². The van der Waals surface area contributed by atoms with Crippen molar-refractivity contribution in [3.05, 3.63) is 35.4 Å². The molecule has 2 fully saturated rings. The van der Waals surface area contributed by atoms with Gasteiger partial charge in [-0.15, -0.1) is 0 Å². The van der Waals surface area contributed by atoms with Gasteiger partial charge < -0.3 is 24.8 Å². The molecule has 1 aromatic carbocycles. The first kappa shape index (κ1) is 22.0. The summed E-state index contributed by atoms with van der Waals surface area (Å²) < 4.78 is 16.6. The molecule has 162 valence electrons. The quantitative estimate of drug-likeness (QED) is 0.352. The van der Waals surface area contributed by atoms with Crippen LogP contribution in [-0.4, -0.2) is 76.2 Å². The van der Waals surface area contributed by atoms with E-state index in [2.05, 4.69) is 46.7 Å². The van der Waals surface area contributed by atoms with Gasteiger partial charge in [0.2, 0.25) is 0 Å². The van der Waals surface area contributed by atoms with Gasteiger partial charge in [0.15, 0.2) is 5.96 Å². The molecule has 1 aromatic rings. The molecule has 29 heavy (non-hydrogen) atoms. The second kappa shape index (κ2) is 12.8. The van der Waals surface area contributed by atoms with Gasteiger partial charge in [-0.3, -0.25) is 4.90 Å². The number of hydrogen-bond donors (Lipinski definition) is 2. The third kappa shape index (κ3) is 7.93. The smallest absolute Gasteiger partial charge is 0.191 e. The fourth-order valence-electron chi connectivity index (χ4n) is 3.55. The van der Waals surface area contributed by atoms with Gasteiger partial charge in [-0.05, 0) is 30.9 Å². The molecule has 0 spiro atoms. The minimum absolute atomic E-state index is 0.278. The van der Waals surface area contributed by atoms with Crippen LogP contribution in [0.25, 0.3) is 0 Å². The van der Waals surface area contributed by atoms with Crippen LogP contribution in [0.2, 0.25) is 0 Å². The zero-order valence-corrected chi connectivity index (χ0v) is 17.7. The summed E-state index contributed by atoms with van der Waals surface area (Å²) in [6.45, 7) is 11.4. The van der Waals surface area contributed by atoms with Crippen molar-refractivity contribution in [1.82, 2.24) is 15.5 Å². The summed E-state index contributed by atoms with van der Waals surface area (Å²) in [5.74, 6) is 0.859. The van der Waals surface area contributed by atoms with Crippen LogP contribution < -0.4 is 10.6 Å². The summed E-state index contributed by atoms with van der Waals surface area (Å²) in [6, 6.07) is 8.60. The summed E-state index contributed by atoms with van der Waals surface area (Å²) in [5.41, 5.74) is 2.63. The topological polar surface area (TPSA) is 67.4 Å². The number of guanidine groups is 1. The van der Waals surface area contributed by atoms with E-state index in [4.69, 9.17) is 19.2 Å². The molecule has 1 atom stereocenters. The Hall–Kier alpha value is -1.67. The van der Waals surface area contributed by atoms with Crippen molar-refractivity contribution in [2.24, 2.45) is 4.99 Å². The Morgan fingerprint density at radius 2 is 1.97 bits per heavy atom. The Balaban J connectivity index is 1.46. The Bertz CT molecular complexity index is 614. The first-order valence-corrected chi connectivity index (χ1v) is 10.9. The second-order valence-corrected chi connectivity index (χ2v) is 7.49. The van der Waals surface area contributed by atoms with Crippen LogP contribution in [0.5, 0.6) is 0 Å². The average molecular weight is 405 g/mol. The molecule has 2 saturated heterocycles. The average Bonchev–Trinajstić information content (AvgIpc) is 3.27. The van der Waals surface area contributed by atoms with Gasteiger partial charge in [0, 0.05) is 45.9 Å². The van der Waals surface area contributed by atoms with Gasteiger partial charge in [-0.1, -0.05) is 24.3 Å². The molecule has 0 bridgehead atoms. The predicted molar refractivity (Wildman–Crippen MR) is 115 cm³/mol. The number of aliphatic imine (C=N–C) groups is 1. The maximum Gasteiger partial charge on any atom is 0.191 e. The zero-order chi connectivity index (χ0) is 20.2. The second-order valence-electron chi connectivity index (χ2n) is 7.49. The van der Waals surface area contributed by atoms with E-state index < -0.39 is 0 Å². The van der Waals surface area contributed by atoms with Crippen LogP contribution in [0, 0.1) is 0 Å². The summed E-state index contributed by atoms with van der Waals surface area (Å²) in [6.07, 6.45) is 2.25. The fraction of sp³-hybridized carbons (Fsp3) is 0.682. The third-order valence-corrected chi connectivity index (χ3v) is 5.22. The molecular weight excluding hydrogens is 368 g/mol. The van der Waals surface area contributed by atoms with Crippen molar-refractivity contribution in [1.29, 1.82) is 0 Å². The summed E-state index contributed by atoms with van der Waals surface area (Å²) >= 11 is 0. The molecule has 7 heteroatoms. The molecule has 0 saturated carbocycles. The Morgan fingerprint density at radius 3 is 2.72 bits per heavy atom. The van der Waals surface area contributed by atoms with Crippen molar-refractivity contribution < 1.29 is 14.2 Å². The Kier molecular flexibility index (Phi) is 9.72. The van der Waals surface area contributed by atoms with Crippen LogP contribution in [-0.2, 0) is 27.3 Å². The molecule has 0 amide bonds. The van der Waals surface area contributed by atoms with Gasteiger partial charge in [0.05, 0.1) is 32.5 Å². The van der Waals surface area contributed by atoms with Gasteiger partial charge in [0.1, 0.15) is 0 Å². The first-order valence-electron chi connectivity index (χ1n) is 10.9. The maximum absolute atomic E-state index is 5.82. The molecule has 7 nitrogen and oxygen atoms in total. The molecule has 3 rings (SSSR count). The molecule has 0 aromatic heterocycles. The van der Waals surface area contributed by atoms with E-state index in [1.807, 2.05) is 0 Å². The zero-order valence-electron chi connectivity index (χ0n) is 17.7. The van der Waals surface area contributed by atoms with Crippen LogP contribution in [0.1, 0.15) is 30.9 Å². The minimum atomic E-state index is 0.278. The number of nitrogens with zero attached hydrogens (tertiary/aromatic N) is 2. The molecule has 2 aliphatic rings. The van der Waals surface area contributed by atoms with Crippen molar-refractivity contribution in [3.8, 4) is 0 Å². The number of hydrogen-bond acceptors (Lipinski definition) is 5. The monoisotopic (exact) mass is 404 g/mol. The van der Waals surface area contributed by atoms with Gasteiger partial charge in [0.25, 0.3) is 0 Å². The highest BCUT2D eigenvalue weighted by Crippen LogP contribution is 2.14. The van der Waals surface area contributed by atoms with Crippen LogP contribution in [0.15, 0.2) is 29.3 Å². The van der Waals surface area contributed by atoms with Crippen molar-refractivity contribution in [2.45, 2.75) is 39.0 Å². The molecule has 0 aliphatic carbocycles. The van der Waals surface area contributed by atoms with Crippen molar-refractivity contribution in [3.63, 3.8) is 0 Å². The summed E-state index contributed by atoms with van der Waals surface area (Å²) in [5, 5.41) is 6.75. The SMILES string of the molecule is CCNC(=NCc1ccccc1CN1CCOCC1)NCCCOC1CCOC1. The highest BCUT2D eigenvalue weighted by Gasteiger charge is 2.15. The molecular formula is C22H36N4O3. The van der Waals surface area contributed by atoms with E-state index >= 15 is 0 Å².